The molecule has 1 atom stereocenters. The number of carbonyl (C=O) groups excluding carboxylic acids is 1. The zero-order valence-electron chi connectivity index (χ0n) is 10.7. The van der Waals surface area contributed by atoms with Gasteiger partial charge in [0.25, 0.3) is 0 Å². The highest BCUT2D eigenvalue weighted by Crippen LogP contribution is 1.89. The van der Waals surface area contributed by atoms with Crippen LogP contribution in [0.25, 0.3) is 0 Å². The van der Waals surface area contributed by atoms with Gasteiger partial charge in [0.15, 0.2) is 0 Å². The average molecular weight is 231 g/mol. The van der Waals surface area contributed by atoms with Crippen LogP contribution >= 0.6 is 0 Å². The number of ether oxygens (including phenoxy) is 1. The number of methoxy groups -OCH3 is 1. The summed E-state index contributed by atoms with van der Waals surface area (Å²) in [4.78, 5) is 13.7. The third-order valence-corrected chi connectivity index (χ3v) is 2.59. The Labute approximate surface area is 98.3 Å². The molecule has 0 radical (unpaired) electrons. The number of rotatable bonds is 9. The summed E-state index contributed by atoms with van der Waals surface area (Å²) in [6.45, 7) is 8.26. The topological polar surface area (TPSA) is 67.6 Å². The molecule has 0 aromatic rings. The number of nitrogens with two attached hydrogens (primary N) is 1. The first kappa shape index (κ1) is 15.3. The smallest absolute Gasteiger partial charge is 0.237 e. The van der Waals surface area contributed by atoms with Gasteiger partial charge in [-0.25, -0.2) is 0 Å². The fraction of sp³-hybridized carbons (Fsp3) is 0.909. The van der Waals surface area contributed by atoms with Gasteiger partial charge in [-0.1, -0.05) is 13.8 Å². The van der Waals surface area contributed by atoms with Gasteiger partial charge >= 0.3 is 0 Å². The summed E-state index contributed by atoms with van der Waals surface area (Å²) in [6, 6.07) is -0.461. The lowest BCUT2D eigenvalue weighted by molar-refractivity contribution is -0.122. The van der Waals surface area contributed by atoms with Crippen LogP contribution in [0.5, 0.6) is 0 Å². The fourth-order valence-corrected chi connectivity index (χ4v) is 1.38. The van der Waals surface area contributed by atoms with E-state index in [2.05, 4.69) is 24.1 Å². The van der Waals surface area contributed by atoms with Gasteiger partial charge in [-0.3, -0.25) is 4.79 Å². The van der Waals surface area contributed by atoms with Crippen molar-refractivity contribution >= 4 is 5.91 Å². The van der Waals surface area contributed by atoms with Crippen molar-refractivity contribution in [3.8, 4) is 0 Å². The molecule has 5 heteroatoms. The van der Waals surface area contributed by atoms with Gasteiger partial charge < -0.3 is 20.7 Å². The van der Waals surface area contributed by atoms with Gasteiger partial charge in [0.1, 0.15) is 0 Å². The minimum Gasteiger partial charge on any atom is -0.385 e. The van der Waals surface area contributed by atoms with Crippen molar-refractivity contribution in [1.29, 1.82) is 0 Å². The molecule has 5 nitrogen and oxygen atoms in total. The maximum Gasteiger partial charge on any atom is 0.237 e. The summed E-state index contributed by atoms with van der Waals surface area (Å²) in [6.07, 6.45) is 0.563. The molecule has 0 saturated carbocycles. The van der Waals surface area contributed by atoms with Crippen LogP contribution in [-0.4, -0.2) is 56.7 Å². The van der Waals surface area contributed by atoms with Crippen LogP contribution in [0, 0.1) is 0 Å². The van der Waals surface area contributed by atoms with Gasteiger partial charge in [0.05, 0.1) is 6.04 Å². The van der Waals surface area contributed by atoms with E-state index in [4.69, 9.17) is 10.5 Å². The molecule has 0 fully saturated rings. The highest BCUT2D eigenvalue weighted by molar-refractivity contribution is 5.81. The summed E-state index contributed by atoms with van der Waals surface area (Å²) >= 11 is 0. The summed E-state index contributed by atoms with van der Waals surface area (Å²) in [5, 5.41) is 2.83. The molecule has 0 aliphatic rings. The zero-order valence-corrected chi connectivity index (χ0v) is 10.7. The number of carbonyl (C=O) groups is 1. The third kappa shape index (κ3) is 6.76. The first-order chi connectivity index (χ1) is 7.65. The Morgan fingerprint density at radius 3 is 2.56 bits per heavy atom. The highest BCUT2D eigenvalue weighted by atomic mass is 16.5. The van der Waals surface area contributed by atoms with Crippen molar-refractivity contribution in [1.82, 2.24) is 10.2 Å². The molecular weight excluding hydrogens is 206 g/mol. The molecule has 3 N–H and O–H groups in total. The molecule has 0 heterocycles. The van der Waals surface area contributed by atoms with Crippen LogP contribution in [0.1, 0.15) is 20.3 Å². The van der Waals surface area contributed by atoms with Gasteiger partial charge in [0, 0.05) is 26.8 Å². The number of hydrogen-bond donors (Lipinski definition) is 2. The Kier molecular flexibility index (Phi) is 9.18. The maximum absolute atomic E-state index is 11.5. The quantitative estimate of drug-likeness (QED) is 0.577. The third-order valence-electron chi connectivity index (χ3n) is 2.59. The van der Waals surface area contributed by atoms with Gasteiger partial charge in [0.2, 0.25) is 5.91 Å². The zero-order chi connectivity index (χ0) is 12.4. The van der Waals surface area contributed by atoms with E-state index in [0.717, 1.165) is 19.6 Å². The number of nitrogens with one attached hydrogen (secondary N) is 1. The van der Waals surface area contributed by atoms with E-state index < -0.39 is 6.04 Å². The first-order valence-electron chi connectivity index (χ1n) is 5.90. The summed E-state index contributed by atoms with van der Waals surface area (Å²) in [5.74, 6) is -0.0933. The molecular formula is C11H25N3O2. The van der Waals surface area contributed by atoms with Crippen molar-refractivity contribution in [3.63, 3.8) is 0 Å². The molecule has 0 aromatic carbocycles. The molecule has 1 unspecified atom stereocenters. The van der Waals surface area contributed by atoms with Crippen molar-refractivity contribution < 1.29 is 9.53 Å². The van der Waals surface area contributed by atoms with Crippen LogP contribution in [0.4, 0.5) is 0 Å². The Bertz CT molecular complexity index is 184. The van der Waals surface area contributed by atoms with E-state index in [1.54, 1.807) is 7.11 Å². The number of amides is 1. The van der Waals surface area contributed by atoms with E-state index in [9.17, 15) is 4.79 Å². The first-order valence-corrected chi connectivity index (χ1v) is 5.90. The summed E-state index contributed by atoms with van der Waals surface area (Å²) in [7, 11) is 1.60. The largest absolute Gasteiger partial charge is 0.385 e. The fourth-order valence-electron chi connectivity index (χ4n) is 1.38. The van der Waals surface area contributed by atoms with E-state index in [1.807, 2.05) is 0 Å². The van der Waals surface area contributed by atoms with Crippen LogP contribution in [0.15, 0.2) is 0 Å². The van der Waals surface area contributed by atoms with Crippen LogP contribution < -0.4 is 11.1 Å². The lowest BCUT2D eigenvalue weighted by Gasteiger charge is -2.19. The van der Waals surface area contributed by atoms with E-state index in [1.165, 1.54) is 0 Å². The van der Waals surface area contributed by atoms with Crippen LogP contribution in [0.3, 0.4) is 0 Å². The predicted molar refractivity (Wildman–Crippen MR) is 65.3 cm³/mol. The number of hydrogen-bond acceptors (Lipinski definition) is 4. The predicted octanol–water partition coefficient (Wildman–Crippen LogP) is -0.192. The standard InChI is InChI=1S/C11H25N3O2/c1-4-14(5-2)8-7-13-11(15)10(12)6-9-16-3/h10H,4-9,12H2,1-3H3,(H,13,15). The van der Waals surface area contributed by atoms with E-state index >= 15 is 0 Å². The van der Waals surface area contributed by atoms with Crippen LogP contribution in [0.2, 0.25) is 0 Å². The number of likely N-dealkylation sites (N-methyl/N-ethyl adjacent to an activating group) is 1. The van der Waals surface area contributed by atoms with Crippen molar-refractivity contribution in [2.24, 2.45) is 5.73 Å². The molecule has 0 rings (SSSR count). The second kappa shape index (κ2) is 9.57. The molecule has 0 aromatic heterocycles. The van der Waals surface area contributed by atoms with Gasteiger partial charge in [-0.15, -0.1) is 0 Å². The molecule has 0 saturated heterocycles. The lowest BCUT2D eigenvalue weighted by atomic mass is 10.2. The van der Waals surface area contributed by atoms with E-state index in [0.29, 0.717) is 19.6 Å². The van der Waals surface area contributed by atoms with Crippen molar-refractivity contribution in [2.45, 2.75) is 26.3 Å². The second-order valence-electron chi connectivity index (χ2n) is 3.71. The Morgan fingerprint density at radius 2 is 2.06 bits per heavy atom. The van der Waals surface area contributed by atoms with Crippen LogP contribution in [-0.2, 0) is 9.53 Å². The lowest BCUT2D eigenvalue weighted by Crippen LogP contribution is -2.44. The Morgan fingerprint density at radius 1 is 1.44 bits per heavy atom. The maximum atomic E-state index is 11.5. The molecule has 0 spiro atoms. The molecule has 0 aliphatic heterocycles. The minimum atomic E-state index is -0.461. The van der Waals surface area contributed by atoms with Crippen molar-refractivity contribution in [2.75, 3.05) is 39.9 Å². The molecule has 0 aliphatic carbocycles. The summed E-state index contributed by atoms with van der Waals surface area (Å²) in [5.41, 5.74) is 5.68. The molecule has 1 amide bonds. The molecule has 96 valence electrons. The Hall–Kier alpha value is -0.650. The number of nitrogens with zero attached hydrogens (tertiary/aromatic N) is 1. The SMILES string of the molecule is CCN(CC)CCNC(=O)C(N)CCOC. The summed E-state index contributed by atoms with van der Waals surface area (Å²) < 4.78 is 4.87. The van der Waals surface area contributed by atoms with Gasteiger partial charge in [-0.2, -0.15) is 0 Å². The normalized spacial score (nSPS) is 12.8. The average Bonchev–Trinajstić information content (AvgIpc) is 2.31. The highest BCUT2D eigenvalue weighted by Gasteiger charge is 2.12. The molecule has 16 heavy (non-hydrogen) atoms. The van der Waals surface area contributed by atoms with Crippen molar-refractivity contribution in [3.05, 3.63) is 0 Å². The minimum absolute atomic E-state index is 0.0933. The molecule has 0 bridgehead atoms. The second-order valence-corrected chi connectivity index (χ2v) is 3.71. The van der Waals surface area contributed by atoms with E-state index in [-0.39, 0.29) is 5.91 Å². The monoisotopic (exact) mass is 231 g/mol. The van der Waals surface area contributed by atoms with Gasteiger partial charge in [-0.05, 0) is 19.5 Å². The Balaban J connectivity index is 3.63.